The number of guanidine groups is 1. The molecular formula is C24H39N5O2. The number of benzene rings is 1. The number of piperazine rings is 1. The summed E-state index contributed by atoms with van der Waals surface area (Å²) in [6.07, 6.45) is 3.31. The van der Waals surface area contributed by atoms with E-state index in [-0.39, 0.29) is 11.9 Å². The lowest BCUT2D eigenvalue weighted by atomic mass is 10.1. The Morgan fingerprint density at radius 1 is 1.06 bits per heavy atom. The zero-order chi connectivity index (χ0) is 22.1. The van der Waals surface area contributed by atoms with E-state index < -0.39 is 0 Å². The highest BCUT2D eigenvalue weighted by atomic mass is 16.5. The van der Waals surface area contributed by atoms with Gasteiger partial charge in [0, 0.05) is 59.5 Å². The van der Waals surface area contributed by atoms with E-state index in [4.69, 9.17) is 4.74 Å². The van der Waals surface area contributed by atoms with Gasteiger partial charge < -0.3 is 19.9 Å². The zero-order valence-corrected chi connectivity index (χ0v) is 19.5. The molecule has 0 saturated carbocycles. The lowest BCUT2D eigenvalue weighted by molar-refractivity contribution is -0.135. The lowest BCUT2D eigenvalue weighted by Crippen LogP contribution is -2.57. The van der Waals surface area contributed by atoms with Crippen LogP contribution in [-0.4, -0.2) is 85.5 Å². The van der Waals surface area contributed by atoms with Gasteiger partial charge in [0.1, 0.15) is 0 Å². The molecule has 2 fully saturated rings. The number of carbonyl (C=O) groups is 1. The lowest BCUT2D eigenvalue weighted by Gasteiger charge is -2.39. The van der Waals surface area contributed by atoms with E-state index in [1.165, 1.54) is 11.1 Å². The molecule has 1 aromatic rings. The van der Waals surface area contributed by atoms with Crippen molar-refractivity contribution in [3.05, 3.63) is 35.4 Å². The Morgan fingerprint density at radius 2 is 1.74 bits per heavy atom. The van der Waals surface area contributed by atoms with Crippen molar-refractivity contribution in [1.29, 1.82) is 0 Å². The first-order valence-corrected chi connectivity index (χ1v) is 11.8. The molecule has 2 heterocycles. The third-order valence-corrected chi connectivity index (χ3v) is 6.31. The molecule has 0 bridgehead atoms. The average molecular weight is 430 g/mol. The second-order valence-electron chi connectivity index (χ2n) is 8.45. The number of nitrogens with one attached hydrogen (secondary N) is 1. The number of hydrogen-bond donors (Lipinski definition) is 1. The first kappa shape index (κ1) is 23.5. The molecule has 2 aliphatic heterocycles. The fourth-order valence-corrected chi connectivity index (χ4v) is 4.38. The van der Waals surface area contributed by atoms with E-state index in [0.717, 1.165) is 77.6 Å². The highest BCUT2D eigenvalue weighted by molar-refractivity contribution is 5.82. The SMILES string of the molecule is CCCOCc1ccccc1CNC(=NC)N1CCN(C(C)C(=O)N2CCCC2)CC1. The summed E-state index contributed by atoms with van der Waals surface area (Å²) >= 11 is 0. The summed E-state index contributed by atoms with van der Waals surface area (Å²) in [6, 6.07) is 8.37. The topological polar surface area (TPSA) is 60.4 Å². The molecular weight excluding hydrogens is 390 g/mol. The maximum absolute atomic E-state index is 12.7. The third-order valence-electron chi connectivity index (χ3n) is 6.31. The van der Waals surface area contributed by atoms with Gasteiger partial charge in [-0.1, -0.05) is 31.2 Å². The van der Waals surface area contributed by atoms with Crippen LogP contribution in [0.2, 0.25) is 0 Å². The summed E-state index contributed by atoms with van der Waals surface area (Å²) in [5, 5.41) is 3.52. The normalized spacial score (nSPS) is 19.0. The van der Waals surface area contributed by atoms with E-state index in [0.29, 0.717) is 6.61 Å². The van der Waals surface area contributed by atoms with Crippen LogP contribution in [0.4, 0.5) is 0 Å². The summed E-state index contributed by atoms with van der Waals surface area (Å²) in [7, 11) is 1.84. The molecule has 0 aromatic heterocycles. The average Bonchev–Trinajstić information content (AvgIpc) is 3.35. The predicted molar refractivity (Wildman–Crippen MR) is 125 cm³/mol. The number of ether oxygens (including phenoxy) is 1. The van der Waals surface area contributed by atoms with Gasteiger partial charge in [0.15, 0.2) is 5.96 Å². The van der Waals surface area contributed by atoms with Crippen LogP contribution in [0.1, 0.15) is 44.2 Å². The maximum Gasteiger partial charge on any atom is 0.239 e. The molecule has 1 atom stereocenters. The van der Waals surface area contributed by atoms with Crippen LogP contribution in [0.25, 0.3) is 0 Å². The summed E-state index contributed by atoms with van der Waals surface area (Å²) in [4.78, 5) is 23.9. The largest absolute Gasteiger partial charge is 0.377 e. The number of amides is 1. The van der Waals surface area contributed by atoms with Gasteiger partial charge in [0.2, 0.25) is 5.91 Å². The van der Waals surface area contributed by atoms with Crippen molar-refractivity contribution in [2.24, 2.45) is 4.99 Å². The third kappa shape index (κ3) is 6.43. The minimum atomic E-state index is -0.0368. The summed E-state index contributed by atoms with van der Waals surface area (Å²) in [6.45, 7) is 11.7. The Hall–Kier alpha value is -2.12. The summed E-state index contributed by atoms with van der Waals surface area (Å²) in [5.41, 5.74) is 2.46. The zero-order valence-electron chi connectivity index (χ0n) is 19.5. The van der Waals surface area contributed by atoms with Crippen molar-refractivity contribution < 1.29 is 9.53 Å². The second kappa shape index (κ2) is 12.1. The van der Waals surface area contributed by atoms with Crippen LogP contribution in [0.3, 0.4) is 0 Å². The number of hydrogen-bond acceptors (Lipinski definition) is 4. The Morgan fingerprint density at radius 3 is 2.39 bits per heavy atom. The van der Waals surface area contributed by atoms with Crippen molar-refractivity contribution in [3.8, 4) is 0 Å². The first-order valence-electron chi connectivity index (χ1n) is 11.8. The minimum Gasteiger partial charge on any atom is -0.377 e. The Balaban J connectivity index is 1.49. The van der Waals surface area contributed by atoms with Crippen molar-refractivity contribution in [1.82, 2.24) is 20.0 Å². The molecule has 3 rings (SSSR count). The summed E-state index contributed by atoms with van der Waals surface area (Å²) in [5.74, 6) is 1.21. The first-order chi connectivity index (χ1) is 15.1. The quantitative estimate of drug-likeness (QED) is 0.390. The van der Waals surface area contributed by atoms with Crippen molar-refractivity contribution in [3.63, 3.8) is 0 Å². The number of rotatable bonds is 8. The van der Waals surface area contributed by atoms with Gasteiger partial charge in [-0.25, -0.2) is 0 Å². The monoisotopic (exact) mass is 429 g/mol. The molecule has 1 N–H and O–H groups in total. The van der Waals surface area contributed by atoms with Crippen LogP contribution in [-0.2, 0) is 22.7 Å². The molecule has 1 aromatic carbocycles. The van der Waals surface area contributed by atoms with Crippen molar-refractivity contribution >= 4 is 11.9 Å². The van der Waals surface area contributed by atoms with E-state index in [9.17, 15) is 4.79 Å². The van der Waals surface area contributed by atoms with E-state index in [2.05, 4.69) is 58.2 Å². The smallest absolute Gasteiger partial charge is 0.239 e. The van der Waals surface area contributed by atoms with Crippen LogP contribution >= 0.6 is 0 Å². The van der Waals surface area contributed by atoms with Gasteiger partial charge in [-0.2, -0.15) is 0 Å². The van der Waals surface area contributed by atoms with Crippen LogP contribution in [0, 0.1) is 0 Å². The van der Waals surface area contributed by atoms with Crippen LogP contribution < -0.4 is 5.32 Å². The molecule has 7 nitrogen and oxygen atoms in total. The van der Waals surface area contributed by atoms with Gasteiger partial charge in [-0.3, -0.25) is 14.7 Å². The van der Waals surface area contributed by atoms with Crippen LogP contribution in [0.5, 0.6) is 0 Å². The minimum absolute atomic E-state index is 0.0368. The molecule has 31 heavy (non-hydrogen) atoms. The second-order valence-corrected chi connectivity index (χ2v) is 8.45. The Kier molecular flexibility index (Phi) is 9.15. The summed E-state index contributed by atoms with van der Waals surface area (Å²) < 4.78 is 5.74. The molecule has 172 valence electrons. The van der Waals surface area contributed by atoms with E-state index in [1.807, 2.05) is 11.9 Å². The van der Waals surface area contributed by atoms with Gasteiger partial charge in [-0.05, 0) is 37.3 Å². The van der Waals surface area contributed by atoms with Gasteiger partial charge in [0.05, 0.1) is 12.6 Å². The molecule has 1 amide bonds. The van der Waals surface area contributed by atoms with Gasteiger partial charge >= 0.3 is 0 Å². The molecule has 0 aliphatic carbocycles. The van der Waals surface area contributed by atoms with Crippen molar-refractivity contribution in [2.45, 2.75) is 52.3 Å². The van der Waals surface area contributed by atoms with Crippen molar-refractivity contribution in [2.75, 3.05) is 52.9 Å². The number of likely N-dealkylation sites (tertiary alicyclic amines) is 1. The molecule has 2 aliphatic rings. The Bertz CT molecular complexity index is 724. The fraction of sp³-hybridized carbons (Fsp3) is 0.667. The predicted octanol–water partition coefficient (Wildman–Crippen LogP) is 2.32. The van der Waals surface area contributed by atoms with Gasteiger partial charge in [-0.15, -0.1) is 0 Å². The molecule has 0 radical (unpaired) electrons. The highest BCUT2D eigenvalue weighted by Crippen LogP contribution is 2.15. The molecule has 2 saturated heterocycles. The fourth-order valence-electron chi connectivity index (χ4n) is 4.38. The maximum atomic E-state index is 12.7. The highest BCUT2D eigenvalue weighted by Gasteiger charge is 2.30. The standard InChI is InChI=1S/C24H39N5O2/c1-4-17-31-19-22-10-6-5-9-21(22)18-26-24(25-3)29-15-13-27(14-16-29)20(2)23(30)28-11-7-8-12-28/h5-6,9-10,20H,4,7-8,11-19H2,1-3H3,(H,25,26). The van der Waals surface area contributed by atoms with Gasteiger partial charge in [0.25, 0.3) is 0 Å². The number of carbonyl (C=O) groups excluding carboxylic acids is 1. The number of aliphatic imine (C=N–C) groups is 1. The molecule has 7 heteroatoms. The molecule has 1 unspecified atom stereocenters. The molecule has 0 spiro atoms. The Labute approximate surface area is 187 Å². The number of nitrogens with zero attached hydrogens (tertiary/aromatic N) is 4. The van der Waals surface area contributed by atoms with E-state index in [1.54, 1.807) is 0 Å². The van der Waals surface area contributed by atoms with Crippen LogP contribution in [0.15, 0.2) is 29.3 Å². The van der Waals surface area contributed by atoms with E-state index >= 15 is 0 Å².